The normalized spacial score (nSPS) is 12.3. The second-order valence-electron chi connectivity index (χ2n) is 4.17. The van der Waals surface area contributed by atoms with Crippen molar-refractivity contribution in [1.82, 2.24) is 0 Å². The summed E-state index contributed by atoms with van der Waals surface area (Å²) in [5.74, 6) is -0.787. The number of rotatable bonds is 4. The lowest BCUT2D eigenvalue weighted by Gasteiger charge is -2.15. The molecule has 0 fully saturated rings. The summed E-state index contributed by atoms with van der Waals surface area (Å²) in [7, 11) is 0. The summed E-state index contributed by atoms with van der Waals surface area (Å²) in [6, 6.07) is 14.0. The highest BCUT2D eigenvalue weighted by Gasteiger charge is 2.08. The van der Waals surface area contributed by atoms with Crippen LogP contribution in [-0.2, 0) is 4.79 Å². The van der Waals surface area contributed by atoms with Gasteiger partial charge in [-0.2, -0.15) is 0 Å². The Morgan fingerprint density at radius 2 is 1.94 bits per heavy atom. The molecule has 2 aromatic rings. The van der Waals surface area contributed by atoms with Gasteiger partial charge in [0.15, 0.2) is 0 Å². The number of hydrogen-bond donors (Lipinski definition) is 2. The minimum absolute atomic E-state index is 0.0849. The monoisotopic (exact) mass is 229 g/mol. The van der Waals surface area contributed by atoms with Crippen molar-refractivity contribution in [1.29, 1.82) is 0 Å². The minimum atomic E-state index is -0.787. The Bertz CT molecular complexity index is 531. The molecule has 0 aliphatic carbocycles. The first-order chi connectivity index (χ1) is 8.16. The van der Waals surface area contributed by atoms with Gasteiger partial charge in [0.2, 0.25) is 0 Å². The maximum atomic E-state index is 10.6. The van der Waals surface area contributed by atoms with Crippen LogP contribution in [0.3, 0.4) is 0 Å². The van der Waals surface area contributed by atoms with Gasteiger partial charge in [0.05, 0.1) is 6.42 Å². The summed E-state index contributed by atoms with van der Waals surface area (Å²) in [5.41, 5.74) is 0.983. The van der Waals surface area contributed by atoms with Gasteiger partial charge >= 0.3 is 5.97 Å². The van der Waals surface area contributed by atoms with Crippen molar-refractivity contribution in [3.8, 4) is 0 Å². The summed E-state index contributed by atoms with van der Waals surface area (Å²) in [4.78, 5) is 10.6. The van der Waals surface area contributed by atoms with E-state index in [9.17, 15) is 4.79 Å². The summed E-state index contributed by atoms with van der Waals surface area (Å²) in [6.07, 6.45) is 0.114. The van der Waals surface area contributed by atoms with Gasteiger partial charge in [0.1, 0.15) is 0 Å². The average Bonchev–Trinajstić information content (AvgIpc) is 2.28. The first kappa shape index (κ1) is 11.5. The quantitative estimate of drug-likeness (QED) is 0.846. The molecule has 2 aromatic carbocycles. The Morgan fingerprint density at radius 1 is 1.24 bits per heavy atom. The number of anilines is 1. The van der Waals surface area contributed by atoms with Crippen LogP contribution < -0.4 is 5.32 Å². The van der Waals surface area contributed by atoms with Crippen LogP contribution in [0, 0.1) is 0 Å². The molecule has 1 unspecified atom stereocenters. The second kappa shape index (κ2) is 4.87. The van der Waals surface area contributed by atoms with Crippen molar-refractivity contribution in [2.24, 2.45) is 0 Å². The number of nitrogens with one attached hydrogen (secondary N) is 1. The fraction of sp³-hybridized carbons (Fsp3) is 0.214. The van der Waals surface area contributed by atoms with Crippen LogP contribution in [-0.4, -0.2) is 17.1 Å². The van der Waals surface area contributed by atoms with Gasteiger partial charge < -0.3 is 10.4 Å². The Labute approximate surface area is 100 Å². The highest BCUT2D eigenvalue weighted by molar-refractivity contribution is 5.93. The largest absolute Gasteiger partial charge is 0.481 e. The third kappa shape index (κ3) is 2.75. The van der Waals surface area contributed by atoms with Crippen LogP contribution >= 0.6 is 0 Å². The van der Waals surface area contributed by atoms with Gasteiger partial charge in [-0.05, 0) is 18.4 Å². The molecule has 0 aliphatic heterocycles. The molecule has 88 valence electrons. The van der Waals surface area contributed by atoms with Crippen molar-refractivity contribution in [2.75, 3.05) is 5.32 Å². The number of hydrogen-bond acceptors (Lipinski definition) is 2. The number of carbonyl (C=O) groups is 1. The van der Waals surface area contributed by atoms with E-state index in [4.69, 9.17) is 5.11 Å². The van der Waals surface area contributed by atoms with Crippen molar-refractivity contribution in [3.05, 3.63) is 42.5 Å². The van der Waals surface area contributed by atoms with E-state index in [1.807, 2.05) is 49.4 Å². The fourth-order valence-corrected chi connectivity index (χ4v) is 1.93. The smallest absolute Gasteiger partial charge is 0.305 e. The lowest BCUT2D eigenvalue weighted by molar-refractivity contribution is -0.137. The SMILES string of the molecule is CC(CC(=O)O)Nc1cccc2ccccc12. The molecule has 0 amide bonds. The predicted molar refractivity (Wildman–Crippen MR) is 69.3 cm³/mol. The lowest BCUT2D eigenvalue weighted by Crippen LogP contribution is -2.19. The molecule has 0 radical (unpaired) electrons. The highest BCUT2D eigenvalue weighted by Crippen LogP contribution is 2.23. The van der Waals surface area contributed by atoms with Crippen LogP contribution in [0.2, 0.25) is 0 Å². The van der Waals surface area contributed by atoms with Crippen LogP contribution in [0.25, 0.3) is 10.8 Å². The predicted octanol–water partition coefficient (Wildman–Crippen LogP) is 3.11. The van der Waals surface area contributed by atoms with Gasteiger partial charge in [0.25, 0.3) is 0 Å². The standard InChI is InChI=1S/C14H15NO2/c1-10(9-14(16)17)15-13-8-4-6-11-5-2-3-7-12(11)13/h2-8,10,15H,9H2,1H3,(H,16,17). The summed E-state index contributed by atoms with van der Waals surface area (Å²) in [6.45, 7) is 1.87. The average molecular weight is 229 g/mol. The molecule has 0 aliphatic rings. The van der Waals surface area contributed by atoms with Crippen molar-refractivity contribution in [2.45, 2.75) is 19.4 Å². The second-order valence-corrected chi connectivity index (χ2v) is 4.17. The molecule has 0 heterocycles. The Hall–Kier alpha value is -2.03. The van der Waals surface area contributed by atoms with E-state index < -0.39 is 5.97 Å². The molecule has 0 saturated carbocycles. The molecular weight excluding hydrogens is 214 g/mol. The fourth-order valence-electron chi connectivity index (χ4n) is 1.93. The van der Waals surface area contributed by atoms with Gasteiger partial charge in [-0.1, -0.05) is 36.4 Å². The maximum absolute atomic E-state index is 10.6. The molecule has 0 aromatic heterocycles. The molecule has 3 nitrogen and oxygen atoms in total. The Morgan fingerprint density at radius 3 is 2.71 bits per heavy atom. The van der Waals surface area contributed by atoms with Crippen molar-refractivity contribution >= 4 is 22.4 Å². The highest BCUT2D eigenvalue weighted by atomic mass is 16.4. The molecule has 0 spiro atoms. The zero-order valence-electron chi connectivity index (χ0n) is 9.68. The molecule has 2 rings (SSSR count). The number of carboxylic acid groups (broad SMARTS) is 1. The van der Waals surface area contributed by atoms with E-state index in [-0.39, 0.29) is 12.5 Å². The molecule has 0 saturated heterocycles. The first-order valence-electron chi connectivity index (χ1n) is 5.63. The van der Waals surface area contributed by atoms with Crippen molar-refractivity contribution < 1.29 is 9.90 Å². The molecule has 1 atom stereocenters. The number of aliphatic carboxylic acids is 1. The molecular formula is C14H15NO2. The minimum Gasteiger partial charge on any atom is -0.481 e. The molecule has 2 N–H and O–H groups in total. The topological polar surface area (TPSA) is 49.3 Å². The van der Waals surface area contributed by atoms with E-state index in [1.165, 1.54) is 0 Å². The molecule has 17 heavy (non-hydrogen) atoms. The van der Waals surface area contributed by atoms with E-state index in [2.05, 4.69) is 5.32 Å². The van der Waals surface area contributed by atoms with Gasteiger partial charge in [0, 0.05) is 17.1 Å². The summed E-state index contributed by atoms with van der Waals surface area (Å²) in [5, 5.41) is 14.2. The van der Waals surface area contributed by atoms with Crippen LogP contribution in [0.5, 0.6) is 0 Å². The number of fused-ring (bicyclic) bond motifs is 1. The van der Waals surface area contributed by atoms with Crippen LogP contribution in [0.15, 0.2) is 42.5 Å². The third-order valence-electron chi connectivity index (χ3n) is 2.67. The van der Waals surface area contributed by atoms with Gasteiger partial charge in [-0.3, -0.25) is 4.79 Å². The third-order valence-corrected chi connectivity index (χ3v) is 2.67. The first-order valence-corrected chi connectivity index (χ1v) is 5.63. The number of carboxylic acids is 1. The zero-order chi connectivity index (χ0) is 12.3. The lowest BCUT2D eigenvalue weighted by atomic mass is 10.1. The summed E-state index contributed by atoms with van der Waals surface area (Å²) < 4.78 is 0. The molecule has 3 heteroatoms. The summed E-state index contributed by atoms with van der Waals surface area (Å²) >= 11 is 0. The van der Waals surface area contributed by atoms with E-state index in [1.54, 1.807) is 0 Å². The Kier molecular flexibility index (Phi) is 3.28. The zero-order valence-corrected chi connectivity index (χ0v) is 9.68. The van der Waals surface area contributed by atoms with E-state index in [0.29, 0.717) is 0 Å². The van der Waals surface area contributed by atoms with Gasteiger partial charge in [-0.15, -0.1) is 0 Å². The van der Waals surface area contributed by atoms with Crippen molar-refractivity contribution in [3.63, 3.8) is 0 Å². The van der Waals surface area contributed by atoms with Crippen LogP contribution in [0.1, 0.15) is 13.3 Å². The molecule has 0 bridgehead atoms. The van der Waals surface area contributed by atoms with Crippen LogP contribution in [0.4, 0.5) is 5.69 Å². The number of benzene rings is 2. The van der Waals surface area contributed by atoms with Gasteiger partial charge in [-0.25, -0.2) is 0 Å². The van der Waals surface area contributed by atoms with E-state index in [0.717, 1.165) is 16.5 Å². The van der Waals surface area contributed by atoms with E-state index >= 15 is 0 Å². The Balaban J connectivity index is 2.26. The maximum Gasteiger partial charge on any atom is 0.305 e.